The number of aromatic nitrogens is 3. The van der Waals surface area contributed by atoms with Crippen molar-refractivity contribution in [2.45, 2.75) is 25.7 Å². The van der Waals surface area contributed by atoms with Crippen molar-refractivity contribution in [2.75, 3.05) is 0 Å². The van der Waals surface area contributed by atoms with Crippen LogP contribution in [0.1, 0.15) is 31.4 Å². The van der Waals surface area contributed by atoms with E-state index >= 15 is 0 Å². The number of hydrogen-bond donors (Lipinski definition) is 1. The molecule has 5 rings (SSSR count). The number of phenols is 1. The lowest BCUT2D eigenvalue weighted by Gasteiger charge is -2.16. The van der Waals surface area contributed by atoms with Crippen molar-refractivity contribution < 1.29 is 5.11 Å². The van der Waals surface area contributed by atoms with Crippen LogP contribution in [-0.4, -0.2) is 20.1 Å². The number of nitrogens with zero attached hydrogens (tertiary/aromatic N) is 3. The highest BCUT2D eigenvalue weighted by Crippen LogP contribution is 2.41. The highest BCUT2D eigenvalue weighted by atomic mass is 16.3. The van der Waals surface area contributed by atoms with Crippen LogP contribution in [0, 0.1) is 0 Å². The third kappa shape index (κ3) is 2.78. The van der Waals surface area contributed by atoms with Gasteiger partial charge in [-0.25, -0.2) is 4.68 Å². The van der Waals surface area contributed by atoms with E-state index in [-0.39, 0.29) is 5.75 Å². The molecule has 1 heterocycles. The van der Waals surface area contributed by atoms with Crippen molar-refractivity contribution in [1.82, 2.24) is 15.0 Å². The minimum Gasteiger partial charge on any atom is -0.507 e. The van der Waals surface area contributed by atoms with Gasteiger partial charge in [0.25, 0.3) is 0 Å². The zero-order valence-corrected chi connectivity index (χ0v) is 15.5. The molecule has 0 radical (unpaired) electrons. The fourth-order valence-corrected chi connectivity index (χ4v) is 4.03. The zero-order valence-electron chi connectivity index (χ0n) is 15.5. The predicted molar refractivity (Wildman–Crippen MR) is 112 cm³/mol. The Morgan fingerprint density at radius 2 is 1.68 bits per heavy atom. The van der Waals surface area contributed by atoms with Crippen LogP contribution in [0.4, 0.5) is 0 Å². The molecular weight excluding hydrogens is 346 g/mol. The van der Waals surface area contributed by atoms with Crippen LogP contribution in [0.5, 0.6) is 5.75 Å². The molecular formula is C24H21N3O. The first-order chi connectivity index (χ1) is 13.8. The molecule has 1 aliphatic rings. The molecule has 0 spiro atoms. The van der Waals surface area contributed by atoms with Crippen LogP contribution in [0.25, 0.3) is 33.3 Å². The number of hydrogen-bond acceptors (Lipinski definition) is 3. The van der Waals surface area contributed by atoms with E-state index in [2.05, 4.69) is 22.5 Å². The highest BCUT2D eigenvalue weighted by Gasteiger charge is 2.24. The highest BCUT2D eigenvalue weighted by molar-refractivity contribution is 6.01. The first-order valence-electron chi connectivity index (χ1n) is 9.74. The summed E-state index contributed by atoms with van der Waals surface area (Å²) in [5.74, 6) is 0.246. The summed E-state index contributed by atoms with van der Waals surface area (Å²) in [6.45, 7) is 0. The van der Waals surface area contributed by atoms with Gasteiger partial charge in [0.05, 0.1) is 11.3 Å². The van der Waals surface area contributed by atoms with Crippen LogP contribution in [0.15, 0.2) is 72.8 Å². The fraction of sp³-hybridized carbons (Fsp3) is 0.167. The topological polar surface area (TPSA) is 50.9 Å². The van der Waals surface area contributed by atoms with Gasteiger partial charge in [0.2, 0.25) is 0 Å². The fourth-order valence-electron chi connectivity index (χ4n) is 4.03. The molecule has 1 N–H and O–H groups in total. The molecule has 0 saturated carbocycles. The summed E-state index contributed by atoms with van der Waals surface area (Å²) in [5, 5.41) is 22.0. The third-order valence-corrected chi connectivity index (χ3v) is 5.41. The number of fused-ring (bicyclic) bond motifs is 1. The summed E-state index contributed by atoms with van der Waals surface area (Å²) in [6, 6.07) is 21.8. The third-order valence-electron chi connectivity index (χ3n) is 5.41. The van der Waals surface area contributed by atoms with Gasteiger partial charge in [0, 0.05) is 0 Å². The van der Waals surface area contributed by atoms with Gasteiger partial charge in [-0.1, -0.05) is 59.8 Å². The summed E-state index contributed by atoms with van der Waals surface area (Å²) < 4.78 is 1.85. The monoisotopic (exact) mass is 367 g/mol. The van der Waals surface area contributed by atoms with Crippen LogP contribution < -0.4 is 0 Å². The van der Waals surface area contributed by atoms with Crippen LogP contribution in [0.3, 0.4) is 0 Å². The molecule has 4 nitrogen and oxygen atoms in total. The number of rotatable bonds is 3. The maximum Gasteiger partial charge on any atom is 0.125 e. The van der Waals surface area contributed by atoms with E-state index < -0.39 is 0 Å². The first-order valence-corrected chi connectivity index (χ1v) is 9.74. The molecule has 0 bridgehead atoms. The van der Waals surface area contributed by atoms with Crippen molar-refractivity contribution in [3.8, 4) is 22.7 Å². The van der Waals surface area contributed by atoms with Crippen molar-refractivity contribution in [3.05, 3.63) is 78.5 Å². The summed E-state index contributed by atoms with van der Waals surface area (Å²) in [4.78, 5) is 0. The lowest BCUT2D eigenvalue weighted by atomic mass is 9.92. The molecule has 138 valence electrons. The lowest BCUT2D eigenvalue weighted by Crippen LogP contribution is -2.01. The molecule has 4 aromatic rings. The maximum atomic E-state index is 10.9. The molecule has 1 aliphatic carbocycles. The van der Waals surface area contributed by atoms with E-state index in [0.717, 1.165) is 52.7 Å². The van der Waals surface area contributed by atoms with E-state index in [9.17, 15) is 5.11 Å². The number of allylic oxidation sites excluding steroid dienone is 2. The van der Waals surface area contributed by atoms with E-state index in [1.54, 1.807) is 6.07 Å². The van der Waals surface area contributed by atoms with Crippen LogP contribution in [-0.2, 0) is 0 Å². The second kappa shape index (κ2) is 6.97. The Bertz CT molecular complexity index is 1180. The molecule has 0 amide bonds. The van der Waals surface area contributed by atoms with Gasteiger partial charge in [0.15, 0.2) is 0 Å². The number of aromatic hydroxyl groups is 1. The number of benzene rings is 3. The van der Waals surface area contributed by atoms with Gasteiger partial charge in [0.1, 0.15) is 17.1 Å². The van der Waals surface area contributed by atoms with Crippen LogP contribution >= 0.6 is 0 Å². The number of para-hydroxylation sites is 1. The quantitative estimate of drug-likeness (QED) is 0.501. The van der Waals surface area contributed by atoms with Gasteiger partial charge >= 0.3 is 0 Å². The van der Waals surface area contributed by atoms with Gasteiger partial charge < -0.3 is 5.11 Å². The van der Waals surface area contributed by atoms with E-state index in [0.29, 0.717) is 0 Å². The summed E-state index contributed by atoms with van der Waals surface area (Å²) in [5.41, 5.74) is 4.66. The minimum absolute atomic E-state index is 0.246. The average Bonchev–Trinajstić information content (AvgIpc) is 3.19. The minimum atomic E-state index is 0.246. The SMILES string of the molecule is Oc1ccc2ccccc2c1-c1c(C2=CCCCC2)nnn1-c1ccccc1. The Morgan fingerprint density at radius 1 is 0.857 bits per heavy atom. The second-order valence-corrected chi connectivity index (χ2v) is 7.19. The first kappa shape index (κ1) is 16.8. The van der Waals surface area contributed by atoms with Gasteiger partial charge in [-0.3, -0.25) is 0 Å². The predicted octanol–water partition coefficient (Wildman–Crippen LogP) is 5.75. The maximum absolute atomic E-state index is 10.9. The Morgan fingerprint density at radius 3 is 2.50 bits per heavy atom. The largest absolute Gasteiger partial charge is 0.507 e. The molecule has 4 heteroatoms. The summed E-state index contributed by atoms with van der Waals surface area (Å²) in [7, 11) is 0. The van der Waals surface area contributed by atoms with Crippen molar-refractivity contribution in [2.24, 2.45) is 0 Å². The van der Waals surface area contributed by atoms with E-state index in [1.165, 1.54) is 12.0 Å². The van der Waals surface area contributed by atoms with Crippen molar-refractivity contribution >= 4 is 16.3 Å². The molecule has 0 unspecified atom stereocenters. The van der Waals surface area contributed by atoms with E-state index in [4.69, 9.17) is 0 Å². The average molecular weight is 367 g/mol. The molecule has 0 atom stereocenters. The Labute approximate surface area is 163 Å². The van der Waals surface area contributed by atoms with Crippen molar-refractivity contribution in [3.63, 3.8) is 0 Å². The van der Waals surface area contributed by atoms with Gasteiger partial charge in [-0.05, 0) is 60.2 Å². The van der Waals surface area contributed by atoms with Crippen LogP contribution in [0.2, 0.25) is 0 Å². The van der Waals surface area contributed by atoms with Gasteiger partial charge in [-0.2, -0.15) is 0 Å². The standard InChI is InChI=1S/C24H21N3O/c28-21-16-15-17-9-7-8-14-20(17)22(21)24-23(18-10-3-1-4-11-18)25-26-27(24)19-12-5-2-6-13-19/h2,5-10,12-16,28H,1,3-4,11H2. The smallest absolute Gasteiger partial charge is 0.125 e. The summed E-state index contributed by atoms with van der Waals surface area (Å²) >= 11 is 0. The Balaban J connectivity index is 1.84. The molecule has 0 fully saturated rings. The van der Waals surface area contributed by atoms with E-state index in [1.807, 2.05) is 59.3 Å². The molecule has 0 saturated heterocycles. The van der Waals surface area contributed by atoms with Gasteiger partial charge in [-0.15, -0.1) is 5.10 Å². The second-order valence-electron chi connectivity index (χ2n) is 7.19. The molecule has 1 aromatic heterocycles. The molecule has 0 aliphatic heterocycles. The number of phenolic OH excluding ortho intramolecular Hbond substituents is 1. The normalized spacial score (nSPS) is 14.2. The Hall–Kier alpha value is -3.40. The zero-order chi connectivity index (χ0) is 18.9. The lowest BCUT2D eigenvalue weighted by molar-refractivity contribution is 0.477. The van der Waals surface area contributed by atoms with Crippen molar-refractivity contribution in [1.29, 1.82) is 0 Å². The Kier molecular flexibility index (Phi) is 4.17. The molecule has 3 aromatic carbocycles. The molecule has 28 heavy (non-hydrogen) atoms. The summed E-state index contributed by atoms with van der Waals surface area (Å²) in [6.07, 6.45) is 6.70.